The first-order chi connectivity index (χ1) is 8.12. The van der Waals surface area contributed by atoms with E-state index in [0.29, 0.717) is 5.92 Å². The molecule has 1 aromatic heterocycles. The van der Waals surface area contributed by atoms with Crippen molar-refractivity contribution in [3.63, 3.8) is 0 Å². The second-order valence-corrected chi connectivity index (χ2v) is 5.20. The van der Waals surface area contributed by atoms with Gasteiger partial charge in [-0.2, -0.15) is 0 Å². The number of halogens is 1. The maximum absolute atomic E-state index is 6.02. The molecule has 2 N–H and O–H groups in total. The van der Waals surface area contributed by atoms with Crippen molar-refractivity contribution in [2.45, 2.75) is 33.6 Å². The number of aromatic nitrogens is 1. The highest BCUT2D eigenvalue weighted by Crippen LogP contribution is 2.25. The van der Waals surface area contributed by atoms with Gasteiger partial charge in [0.1, 0.15) is 0 Å². The van der Waals surface area contributed by atoms with Crippen molar-refractivity contribution in [3.8, 4) is 0 Å². The minimum Gasteiger partial charge on any atom is -0.396 e. The van der Waals surface area contributed by atoms with Crippen LogP contribution in [0.5, 0.6) is 0 Å². The van der Waals surface area contributed by atoms with Gasteiger partial charge in [-0.05, 0) is 34.8 Å². The Morgan fingerprint density at radius 3 is 2.47 bits per heavy atom. The van der Waals surface area contributed by atoms with Gasteiger partial charge >= 0.3 is 0 Å². The Morgan fingerprint density at radius 2 is 2.00 bits per heavy atom. The summed E-state index contributed by atoms with van der Waals surface area (Å²) >= 11 is 3.38. The molecule has 0 saturated heterocycles. The van der Waals surface area contributed by atoms with Crippen LogP contribution in [0.15, 0.2) is 16.7 Å². The Bertz CT molecular complexity index is 351. The van der Waals surface area contributed by atoms with Gasteiger partial charge < -0.3 is 10.6 Å². The molecule has 96 valence electrons. The molecule has 0 spiro atoms. The van der Waals surface area contributed by atoms with Gasteiger partial charge in [-0.1, -0.05) is 26.7 Å². The number of nitrogens with zero attached hydrogens (tertiary/aromatic N) is 2. The van der Waals surface area contributed by atoms with E-state index in [9.17, 15) is 0 Å². The van der Waals surface area contributed by atoms with Crippen LogP contribution in [-0.4, -0.2) is 18.1 Å². The normalized spacial score (nSPS) is 10.9. The molecule has 0 unspecified atom stereocenters. The number of hydrogen-bond acceptors (Lipinski definition) is 3. The fourth-order valence-corrected chi connectivity index (χ4v) is 2.28. The van der Waals surface area contributed by atoms with Crippen LogP contribution in [0.2, 0.25) is 0 Å². The predicted octanol–water partition coefficient (Wildman–Crippen LogP) is 3.69. The van der Waals surface area contributed by atoms with Gasteiger partial charge in [-0.25, -0.2) is 4.98 Å². The van der Waals surface area contributed by atoms with Gasteiger partial charge in [0.25, 0.3) is 0 Å². The molecule has 17 heavy (non-hydrogen) atoms. The first kappa shape index (κ1) is 14.3. The monoisotopic (exact) mass is 299 g/mol. The molecule has 3 nitrogen and oxygen atoms in total. The zero-order valence-corrected chi connectivity index (χ0v) is 12.5. The summed E-state index contributed by atoms with van der Waals surface area (Å²) in [5, 5.41) is 0. The van der Waals surface area contributed by atoms with Crippen LogP contribution in [0.4, 0.5) is 11.5 Å². The van der Waals surface area contributed by atoms with Crippen molar-refractivity contribution in [3.05, 3.63) is 16.7 Å². The summed E-state index contributed by atoms with van der Waals surface area (Å²) in [7, 11) is 0. The van der Waals surface area contributed by atoms with E-state index >= 15 is 0 Å². The lowest BCUT2D eigenvalue weighted by Crippen LogP contribution is -2.30. The van der Waals surface area contributed by atoms with E-state index in [0.717, 1.165) is 29.1 Å². The highest BCUT2D eigenvalue weighted by atomic mass is 79.9. The van der Waals surface area contributed by atoms with Crippen molar-refractivity contribution in [1.82, 2.24) is 4.98 Å². The molecule has 0 fully saturated rings. The molecule has 0 bridgehead atoms. The van der Waals surface area contributed by atoms with Crippen LogP contribution in [-0.2, 0) is 0 Å². The predicted molar refractivity (Wildman–Crippen MR) is 78.3 cm³/mol. The molecule has 0 aromatic carbocycles. The quantitative estimate of drug-likeness (QED) is 0.871. The van der Waals surface area contributed by atoms with E-state index in [1.807, 2.05) is 6.07 Å². The van der Waals surface area contributed by atoms with Crippen LogP contribution < -0.4 is 10.6 Å². The molecule has 1 aromatic rings. The second-order valence-electron chi connectivity index (χ2n) is 4.29. The maximum atomic E-state index is 6.02. The largest absolute Gasteiger partial charge is 0.396 e. The average molecular weight is 300 g/mol. The zero-order chi connectivity index (χ0) is 12.8. The summed E-state index contributed by atoms with van der Waals surface area (Å²) in [6.07, 6.45) is 4.20. The fourth-order valence-electron chi connectivity index (χ4n) is 1.94. The van der Waals surface area contributed by atoms with Crippen molar-refractivity contribution in [1.29, 1.82) is 0 Å². The smallest absolute Gasteiger partial charge is 0.151 e. The van der Waals surface area contributed by atoms with Gasteiger partial charge in [0.05, 0.1) is 5.69 Å². The molecule has 1 rings (SSSR count). The van der Waals surface area contributed by atoms with E-state index in [-0.39, 0.29) is 0 Å². The van der Waals surface area contributed by atoms with E-state index in [2.05, 4.69) is 46.6 Å². The third kappa shape index (κ3) is 3.87. The SMILES string of the molecule is CCC(CC)CN(CC)c1ncc(Br)cc1N. The summed E-state index contributed by atoms with van der Waals surface area (Å²) in [6.45, 7) is 8.59. The van der Waals surface area contributed by atoms with Crippen LogP contribution >= 0.6 is 15.9 Å². The Labute approximate surface area is 113 Å². The highest BCUT2D eigenvalue weighted by Gasteiger charge is 2.14. The molecule has 0 aliphatic rings. The zero-order valence-electron chi connectivity index (χ0n) is 10.9. The van der Waals surface area contributed by atoms with Gasteiger partial charge in [0.15, 0.2) is 5.82 Å². The van der Waals surface area contributed by atoms with Crippen LogP contribution in [0, 0.1) is 5.92 Å². The Hall–Kier alpha value is -0.770. The minimum atomic E-state index is 0.708. The Kier molecular flexibility index (Phi) is 5.75. The lowest BCUT2D eigenvalue weighted by atomic mass is 10.0. The minimum absolute atomic E-state index is 0.708. The Balaban J connectivity index is 2.85. The number of nitrogen functional groups attached to an aromatic ring is 1. The molecule has 0 radical (unpaired) electrons. The summed E-state index contributed by atoms with van der Waals surface area (Å²) in [5.41, 5.74) is 6.77. The maximum Gasteiger partial charge on any atom is 0.151 e. The number of pyridine rings is 1. The van der Waals surface area contributed by atoms with E-state index in [4.69, 9.17) is 5.73 Å². The van der Waals surface area contributed by atoms with Crippen LogP contribution in [0.25, 0.3) is 0 Å². The molecule has 0 saturated carbocycles. The summed E-state index contributed by atoms with van der Waals surface area (Å²) in [6, 6.07) is 1.91. The van der Waals surface area contributed by atoms with Crippen molar-refractivity contribution in [2.24, 2.45) is 5.92 Å². The second kappa shape index (κ2) is 6.84. The molecule has 0 amide bonds. The van der Waals surface area contributed by atoms with Crippen molar-refractivity contribution in [2.75, 3.05) is 23.7 Å². The third-order valence-corrected chi connectivity index (χ3v) is 3.61. The third-order valence-electron chi connectivity index (χ3n) is 3.18. The molecule has 4 heteroatoms. The number of nitrogens with two attached hydrogens (primary N) is 1. The van der Waals surface area contributed by atoms with Crippen LogP contribution in [0.3, 0.4) is 0 Å². The lowest BCUT2D eigenvalue weighted by molar-refractivity contribution is 0.484. The topological polar surface area (TPSA) is 42.2 Å². The average Bonchev–Trinajstić information content (AvgIpc) is 2.32. The summed E-state index contributed by atoms with van der Waals surface area (Å²) < 4.78 is 0.928. The van der Waals surface area contributed by atoms with Crippen molar-refractivity contribution < 1.29 is 0 Å². The highest BCUT2D eigenvalue weighted by molar-refractivity contribution is 9.10. The van der Waals surface area contributed by atoms with Gasteiger partial charge in [0.2, 0.25) is 0 Å². The molecular weight excluding hydrogens is 278 g/mol. The van der Waals surface area contributed by atoms with E-state index in [1.54, 1.807) is 6.20 Å². The van der Waals surface area contributed by atoms with Crippen molar-refractivity contribution >= 4 is 27.4 Å². The number of hydrogen-bond donors (Lipinski definition) is 1. The molecule has 0 atom stereocenters. The summed E-state index contributed by atoms with van der Waals surface area (Å²) in [5.74, 6) is 1.61. The number of rotatable bonds is 6. The van der Waals surface area contributed by atoms with Crippen LogP contribution in [0.1, 0.15) is 33.6 Å². The number of anilines is 2. The van der Waals surface area contributed by atoms with Gasteiger partial charge in [-0.15, -0.1) is 0 Å². The van der Waals surface area contributed by atoms with Gasteiger partial charge in [0, 0.05) is 23.8 Å². The standard InChI is InChI=1S/C13H22BrN3/c1-4-10(5-2)9-17(6-3)13-12(15)7-11(14)8-16-13/h7-8,10H,4-6,9,15H2,1-3H3. The molecule has 0 aliphatic carbocycles. The Morgan fingerprint density at radius 1 is 1.35 bits per heavy atom. The van der Waals surface area contributed by atoms with Gasteiger partial charge in [-0.3, -0.25) is 0 Å². The first-order valence-electron chi connectivity index (χ1n) is 6.28. The van der Waals surface area contributed by atoms with E-state index in [1.165, 1.54) is 12.8 Å². The fraction of sp³-hybridized carbons (Fsp3) is 0.615. The van der Waals surface area contributed by atoms with E-state index < -0.39 is 0 Å². The summed E-state index contributed by atoms with van der Waals surface area (Å²) in [4.78, 5) is 6.69. The lowest BCUT2D eigenvalue weighted by Gasteiger charge is -2.27. The molecular formula is C13H22BrN3. The molecule has 0 aliphatic heterocycles. The molecule has 1 heterocycles. The first-order valence-corrected chi connectivity index (χ1v) is 7.07.